The third kappa shape index (κ3) is 8.18. The first-order valence-electron chi connectivity index (χ1n) is 14.8. The number of hydrogen-bond acceptors (Lipinski definition) is 5. The minimum Gasteiger partial charge on any atom is -0.489 e. The second kappa shape index (κ2) is 14.2. The second-order valence-electron chi connectivity index (χ2n) is 11.0. The van der Waals surface area contributed by atoms with Gasteiger partial charge >= 0.3 is 12.1 Å². The molecule has 5 aromatic carbocycles. The molecule has 47 heavy (non-hydrogen) atoms. The van der Waals surface area contributed by atoms with Crippen molar-refractivity contribution in [1.29, 1.82) is 0 Å². The van der Waals surface area contributed by atoms with Crippen LogP contribution in [0.1, 0.15) is 57.2 Å². The van der Waals surface area contributed by atoms with E-state index in [1.54, 1.807) is 36.4 Å². The average Bonchev–Trinajstić information content (AvgIpc) is 3.07. The van der Waals surface area contributed by atoms with Gasteiger partial charge in [-0.05, 0) is 94.9 Å². The number of anilines is 1. The summed E-state index contributed by atoms with van der Waals surface area (Å²) in [6, 6.07) is 31.5. The number of methoxy groups -OCH3 is 1. The lowest BCUT2D eigenvalue weighted by Crippen LogP contribution is -2.16. The lowest BCUT2D eigenvalue weighted by Gasteiger charge is -2.19. The zero-order chi connectivity index (χ0) is 33.6. The summed E-state index contributed by atoms with van der Waals surface area (Å²) in [5.41, 5.74) is 3.28. The molecule has 0 aliphatic heterocycles. The number of esters is 1. The fraction of sp³-hybridized carbons (Fsp3) is 0.158. The van der Waals surface area contributed by atoms with E-state index in [-0.39, 0.29) is 23.8 Å². The molecule has 0 saturated heterocycles. The Morgan fingerprint density at radius 3 is 2.06 bits per heavy atom. The van der Waals surface area contributed by atoms with Crippen molar-refractivity contribution in [2.75, 3.05) is 12.4 Å². The molecule has 9 heteroatoms. The van der Waals surface area contributed by atoms with Crippen molar-refractivity contribution < 1.29 is 37.0 Å². The number of benzene rings is 5. The molecule has 0 aliphatic rings. The number of carbonyl (C=O) groups excluding carboxylic acids is 2. The smallest absolute Gasteiger partial charge is 0.416 e. The summed E-state index contributed by atoms with van der Waals surface area (Å²) in [7, 11) is 1.27. The third-order valence-electron chi connectivity index (χ3n) is 7.39. The zero-order valence-corrected chi connectivity index (χ0v) is 25.9. The molecule has 0 aromatic heterocycles. The van der Waals surface area contributed by atoms with E-state index >= 15 is 0 Å². The number of carbonyl (C=O) groups is 2. The highest BCUT2D eigenvalue weighted by molar-refractivity contribution is 6.08. The molecular formula is C38H32F3NO5. The summed E-state index contributed by atoms with van der Waals surface area (Å²) < 4.78 is 55.7. The van der Waals surface area contributed by atoms with Crippen LogP contribution in [-0.4, -0.2) is 19.0 Å². The maximum absolute atomic E-state index is 13.3. The van der Waals surface area contributed by atoms with Gasteiger partial charge in [-0.15, -0.1) is 0 Å². The SMILES string of the molecule is COC(=O)c1cc(-c2ccc(COc3cccc(C(F)(F)F)c3)cc2)c(C(C)C)cc1NC(=O)c1ccc(Oc2ccccc2)cc1. The molecular weight excluding hydrogens is 607 g/mol. The highest BCUT2D eigenvalue weighted by Crippen LogP contribution is 2.36. The Bertz CT molecular complexity index is 1850. The summed E-state index contributed by atoms with van der Waals surface area (Å²) >= 11 is 0. The van der Waals surface area contributed by atoms with Crippen molar-refractivity contribution in [2.24, 2.45) is 0 Å². The Balaban J connectivity index is 1.36. The number of ether oxygens (including phenoxy) is 3. The molecule has 0 spiro atoms. The number of rotatable bonds is 10. The molecule has 0 aliphatic carbocycles. The maximum Gasteiger partial charge on any atom is 0.416 e. The monoisotopic (exact) mass is 639 g/mol. The summed E-state index contributed by atoms with van der Waals surface area (Å²) in [6.07, 6.45) is -4.46. The van der Waals surface area contributed by atoms with Gasteiger partial charge in [0.1, 0.15) is 23.9 Å². The molecule has 5 aromatic rings. The van der Waals surface area contributed by atoms with Crippen LogP contribution in [-0.2, 0) is 17.5 Å². The van der Waals surface area contributed by atoms with E-state index < -0.39 is 23.6 Å². The normalized spacial score (nSPS) is 11.2. The van der Waals surface area contributed by atoms with Crippen molar-refractivity contribution in [3.63, 3.8) is 0 Å². The third-order valence-corrected chi connectivity index (χ3v) is 7.39. The molecule has 0 radical (unpaired) electrons. The Kier molecular flexibility index (Phi) is 9.94. The molecule has 0 atom stereocenters. The standard InChI is InChI=1S/C38H32F3NO5/c1-24(2)32-22-35(42-36(43)27-16-18-30(19-17-27)47-29-9-5-4-6-10-29)34(37(44)45-3)21-33(32)26-14-12-25(13-15-26)23-46-31-11-7-8-28(20-31)38(39,40)41/h4-22,24H,23H2,1-3H3,(H,42,43). The lowest BCUT2D eigenvalue weighted by atomic mass is 9.89. The second-order valence-corrected chi connectivity index (χ2v) is 11.0. The first kappa shape index (κ1) is 32.8. The van der Waals surface area contributed by atoms with Gasteiger partial charge < -0.3 is 19.5 Å². The molecule has 0 saturated carbocycles. The number of halogens is 3. The molecule has 0 bridgehead atoms. The highest BCUT2D eigenvalue weighted by Gasteiger charge is 2.30. The van der Waals surface area contributed by atoms with Crippen LogP contribution in [0.25, 0.3) is 11.1 Å². The van der Waals surface area contributed by atoms with Gasteiger partial charge in [0.15, 0.2) is 0 Å². The lowest BCUT2D eigenvalue weighted by molar-refractivity contribution is -0.137. The van der Waals surface area contributed by atoms with Crippen LogP contribution in [0.2, 0.25) is 0 Å². The van der Waals surface area contributed by atoms with Crippen LogP contribution in [0.5, 0.6) is 17.2 Å². The molecule has 240 valence electrons. The van der Waals surface area contributed by atoms with Gasteiger partial charge in [0.05, 0.1) is 23.9 Å². The average molecular weight is 640 g/mol. The summed E-state index contributed by atoms with van der Waals surface area (Å²) in [6.45, 7) is 4.08. The van der Waals surface area contributed by atoms with Gasteiger partial charge in [-0.25, -0.2) is 4.79 Å². The topological polar surface area (TPSA) is 73.9 Å². The predicted molar refractivity (Wildman–Crippen MR) is 174 cm³/mol. The Morgan fingerprint density at radius 2 is 1.43 bits per heavy atom. The number of hydrogen-bond donors (Lipinski definition) is 1. The first-order valence-corrected chi connectivity index (χ1v) is 14.8. The van der Waals surface area contributed by atoms with E-state index in [1.165, 1.54) is 19.2 Å². The summed E-state index contributed by atoms with van der Waals surface area (Å²) in [5, 5.41) is 2.87. The first-order chi connectivity index (χ1) is 22.5. The van der Waals surface area contributed by atoms with Crippen LogP contribution in [0.4, 0.5) is 18.9 Å². The van der Waals surface area contributed by atoms with Crippen molar-refractivity contribution in [1.82, 2.24) is 0 Å². The molecule has 6 nitrogen and oxygen atoms in total. The minimum atomic E-state index is -4.46. The van der Waals surface area contributed by atoms with E-state index in [4.69, 9.17) is 14.2 Å². The fourth-order valence-electron chi connectivity index (χ4n) is 4.93. The summed E-state index contributed by atoms with van der Waals surface area (Å²) in [4.78, 5) is 26.2. The van der Waals surface area contributed by atoms with E-state index in [1.807, 2.05) is 68.4 Å². The quantitative estimate of drug-likeness (QED) is 0.154. The molecule has 0 unspecified atom stereocenters. The Morgan fingerprint density at radius 1 is 0.766 bits per heavy atom. The van der Waals surface area contributed by atoms with Crippen molar-refractivity contribution in [3.05, 3.63) is 143 Å². The van der Waals surface area contributed by atoms with Gasteiger partial charge in [-0.2, -0.15) is 13.2 Å². The van der Waals surface area contributed by atoms with Crippen molar-refractivity contribution >= 4 is 17.6 Å². The number of nitrogens with one attached hydrogen (secondary N) is 1. The maximum atomic E-state index is 13.3. The summed E-state index contributed by atoms with van der Waals surface area (Å²) in [5.74, 6) is 0.353. The molecule has 1 N–H and O–H groups in total. The van der Waals surface area contributed by atoms with Crippen molar-refractivity contribution in [2.45, 2.75) is 32.5 Å². The highest BCUT2D eigenvalue weighted by atomic mass is 19.4. The number of amides is 1. The zero-order valence-electron chi connectivity index (χ0n) is 25.9. The van der Waals surface area contributed by atoms with Gasteiger partial charge in [-0.1, -0.05) is 62.4 Å². The van der Waals surface area contributed by atoms with Crippen LogP contribution in [0.15, 0.2) is 115 Å². The molecule has 0 heterocycles. The van der Waals surface area contributed by atoms with Gasteiger partial charge in [-0.3, -0.25) is 4.79 Å². The van der Waals surface area contributed by atoms with E-state index in [2.05, 4.69) is 5.32 Å². The van der Waals surface area contributed by atoms with Crippen LogP contribution in [0.3, 0.4) is 0 Å². The van der Waals surface area contributed by atoms with E-state index in [0.717, 1.165) is 34.4 Å². The van der Waals surface area contributed by atoms with Crippen LogP contribution >= 0.6 is 0 Å². The van der Waals surface area contributed by atoms with Crippen molar-refractivity contribution in [3.8, 4) is 28.4 Å². The minimum absolute atomic E-state index is 0.0192. The molecule has 0 fully saturated rings. The van der Waals surface area contributed by atoms with Gasteiger partial charge in [0.2, 0.25) is 0 Å². The number of alkyl halides is 3. The van der Waals surface area contributed by atoms with Gasteiger partial charge in [0, 0.05) is 5.56 Å². The van der Waals surface area contributed by atoms with E-state index in [0.29, 0.717) is 22.7 Å². The predicted octanol–water partition coefficient (Wildman–Crippen LogP) is 9.91. The van der Waals surface area contributed by atoms with Crippen LogP contribution < -0.4 is 14.8 Å². The van der Waals surface area contributed by atoms with Gasteiger partial charge in [0.25, 0.3) is 5.91 Å². The molecule has 1 amide bonds. The fourth-order valence-corrected chi connectivity index (χ4v) is 4.93. The largest absolute Gasteiger partial charge is 0.489 e. The van der Waals surface area contributed by atoms with Crippen LogP contribution in [0, 0.1) is 0 Å². The number of para-hydroxylation sites is 1. The Labute approximate surface area is 270 Å². The molecule has 5 rings (SSSR count). The Hall–Kier alpha value is -5.57. The van der Waals surface area contributed by atoms with E-state index in [9.17, 15) is 22.8 Å².